The van der Waals surface area contributed by atoms with Gasteiger partial charge >= 0.3 is 12.2 Å². The van der Waals surface area contributed by atoms with Gasteiger partial charge in [0.1, 0.15) is 24.0 Å². The summed E-state index contributed by atoms with van der Waals surface area (Å²) in [5.74, 6) is 0. The lowest BCUT2D eigenvalue weighted by atomic mass is 9.98. The highest BCUT2D eigenvalue weighted by atomic mass is 16.6. The fourth-order valence-electron chi connectivity index (χ4n) is 3.99. The Morgan fingerprint density at radius 3 is 2.60 bits per heavy atom. The first-order valence-electron chi connectivity index (χ1n) is 10.6. The molecule has 1 spiro atoms. The molecule has 3 aliphatic heterocycles. The highest BCUT2D eigenvalue weighted by Crippen LogP contribution is 2.44. The number of likely N-dealkylation sites (tertiary alicyclic amines) is 2. The van der Waals surface area contributed by atoms with Crippen LogP contribution in [0.1, 0.15) is 39.2 Å². The van der Waals surface area contributed by atoms with Crippen molar-refractivity contribution in [2.24, 2.45) is 0 Å². The molecule has 4 rings (SSSR count). The number of piperidine rings is 1. The van der Waals surface area contributed by atoms with Crippen LogP contribution >= 0.6 is 0 Å². The van der Waals surface area contributed by atoms with Crippen LogP contribution in [-0.4, -0.2) is 71.6 Å². The van der Waals surface area contributed by atoms with Gasteiger partial charge in [-0.1, -0.05) is 30.3 Å². The maximum absolute atomic E-state index is 12.4. The Labute approximate surface area is 177 Å². The highest BCUT2D eigenvalue weighted by Gasteiger charge is 2.66. The Bertz CT molecular complexity index is 773. The number of amides is 2. The Morgan fingerprint density at radius 2 is 1.90 bits per heavy atom. The van der Waals surface area contributed by atoms with Gasteiger partial charge in [0, 0.05) is 19.1 Å². The molecule has 3 aliphatic rings. The zero-order valence-electron chi connectivity index (χ0n) is 17.9. The van der Waals surface area contributed by atoms with Gasteiger partial charge in [-0.25, -0.2) is 9.59 Å². The molecule has 8 nitrogen and oxygen atoms in total. The number of carbonyl (C=O) groups is 2. The van der Waals surface area contributed by atoms with Gasteiger partial charge in [-0.2, -0.15) is 0 Å². The molecule has 3 fully saturated rings. The van der Waals surface area contributed by atoms with Crippen molar-refractivity contribution >= 4 is 12.2 Å². The van der Waals surface area contributed by atoms with Gasteiger partial charge < -0.3 is 24.0 Å². The first-order valence-corrected chi connectivity index (χ1v) is 10.6. The summed E-state index contributed by atoms with van der Waals surface area (Å²) >= 11 is 0. The zero-order valence-corrected chi connectivity index (χ0v) is 17.9. The molecule has 1 N–H and O–H groups in total. The monoisotopic (exact) mass is 417 g/mol. The first-order chi connectivity index (χ1) is 14.2. The van der Waals surface area contributed by atoms with Crippen LogP contribution in [0.2, 0.25) is 0 Å². The molecule has 1 aromatic rings. The topological polar surface area (TPSA) is 83.6 Å². The number of hydrogen-bond acceptors (Lipinski definition) is 6. The number of nitrogens with one attached hydrogen (secondary N) is 1. The van der Waals surface area contributed by atoms with Crippen LogP contribution in [-0.2, 0) is 20.8 Å². The maximum Gasteiger partial charge on any atom is 0.410 e. The van der Waals surface area contributed by atoms with E-state index in [9.17, 15) is 9.59 Å². The van der Waals surface area contributed by atoms with Crippen LogP contribution < -0.4 is 5.32 Å². The van der Waals surface area contributed by atoms with Crippen LogP contribution in [0, 0.1) is 0 Å². The summed E-state index contributed by atoms with van der Waals surface area (Å²) < 4.78 is 16.7. The van der Waals surface area contributed by atoms with Crippen molar-refractivity contribution in [2.45, 2.75) is 63.7 Å². The fraction of sp³-hybridized carbons (Fsp3) is 0.636. The van der Waals surface area contributed by atoms with Gasteiger partial charge in [0.2, 0.25) is 0 Å². The highest BCUT2D eigenvalue weighted by molar-refractivity contribution is 5.70. The van der Waals surface area contributed by atoms with Crippen molar-refractivity contribution < 1.29 is 23.8 Å². The van der Waals surface area contributed by atoms with Crippen molar-refractivity contribution in [3.8, 4) is 0 Å². The Morgan fingerprint density at radius 1 is 1.17 bits per heavy atom. The summed E-state index contributed by atoms with van der Waals surface area (Å²) in [5, 5.41) is 3.50. The van der Waals surface area contributed by atoms with Crippen molar-refractivity contribution in [2.75, 3.05) is 26.2 Å². The van der Waals surface area contributed by atoms with Gasteiger partial charge in [0.25, 0.3) is 0 Å². The lowest BCUT2D eigenvalue weighted by Gasteiger charge is -2.39. The molecule has 2 atom stereocenters. The maximum atomic E-state index is 12.4. The van der Waals surface area contributed by atoms with E-state index in [1.165, 1.54) is 0 Å². The number of benzene rings is 1. The molecule has 2 unspecified atom stereocenters. The lowest BCUT2D eigenvalue weighted by Crippen LogP contribution is -2.60. The average Bonchev–Trinajstić information content (AvgIpc) is 3.38. The van der Waals surface area contributed by atoms with Crippen LogP contribution in [0.3, 0.4) is 0 Å². The zero-order chi connectivity index (χ0) is 21.4. The Balaban J connectivity index is 1.19. The van der Waals surface area contributed by atoms with Crippen LogP contribution in [0.15, 0.2) is 30.3 Å². The molecule has 30 heavy (non-hydrogen) atoms. The molecule has 2 amide bonds. The number of hydrogen-bond donors (Lipinski definition) is 1. The molecule has 0 bridgehead atoms. The molecule has 164 valence electrons. The summed E-state index contributed by atoms with van der Waals surface area (Å²) in [4.78, 5) is 28.0. The van der Waals surface area contributed by atoms with Crippen molar-refractivity contribution in [1.82, 2.24) is 15.1 Å². The van der Waals surface area contributed by atoms with E-state index in [-0.39, 0.29) is 36.7 Å². The molecule has 0 saturated carbocycles. The molecule has 0 radical (unpaired) electrons. The van der Waals surface area contributed by atoms with Gasteiger partial charge in [0.05, 0.1) is 13.1 Å². The van der Waals surface area contributed by atoms with E-state index >= 15 is 0 Å². The third-order valence-corrected chi connectivity index (χ3v) is 5.61. The summed E-state index contributed by atoms with van der Waals surface area (Å²) in [5.41, 5.74) is 0.181. The number of ether oxygens (including phenoxy) is 3. The molecule has 8 heteroatoms. The predicted octanol–water partition coefficient (Wildman–Crippen LogP) is 2.72. The summed E-state index contributed by atoms with van der Waals surface area (Å²) in [6.07, 6.45) is 1.24. The van der Waals surface area contributed by atoms with E-state index < -0.39 is 5.60 Å². The summed E-state index contributed by atoms with van der Waals surface area (Å²) in [6, 6.07) is 9.84. The van der Waals surface area contributed by atoms with Gasteiger partial charge in [0.15, 0.2) is 0 Å². The minimum Gasteiger partial charge on any atom is -0.445 e. The number of rotatable bonds is 4. The SMILES string of the molecule is CC(C)(C)OC(=O)N1CC2(C1)OC2NC1CCCN(C(=O)OCc2ccccc2)C1. The summed E-state index contributed by atoms with van der Waals surface area (Å²) in [6.45, 7) is 8.23. The minimum absolute atomic E-state index is 0.0820. The van der Waals surface area contributed by atoms with Crippen molar-refractivity contribution in [3.63, 3.8) is 0 Å². The Hall–Kier alpha value is -2.32. The van der Waals surface area contributed by atoms with E-state index in [0.717, 1.165) is 18.4 Å². The normalized spacial score (nSPS) is 24.9. The smallest absolute Gasteiger partial charge is 0.410 e. The summed E-state index contributed by atoms with van der Waals surface area (Å²) in [7, 11) is 0. The Kier molecular flexibility index (Phi) is 5.63. The van der Waals surface area contributed by atoms with E-state index in [4.69, 9.17) is 14.2 Å². The average molecular weight is 418 g/mol. The largest absolute Gasteiger partial charge is 0.445 e. The number of carbonyl (C=O) groups excluding carboxylic acids is 2. The quantitative estimate of drug-likeness (QED) is 0.759. The standard InChI is InChI=1S/C22H31N3O5/c1-21(2,3)30-20(27)25-14-22(15-25)18(29-22)23-17-10-7-11-24(12-17)19(26)28-13-16-8-5-4-6-9-16/h4-6,8-9,17-18,23H,7,10-15H2,1-3H3. The van der Waals surface area contributed by atoms with Gasteiger partial charge in [-0.3, -0.25) is 5.32 Å². The van der Waals surface area contributed by atoms with E-state index in [1.807, 2.05) is 51.1 Å². The first kappa shape index (κ1) is 20.9. The van der Waals surface area contributed by atoms with Crippen molar-refractivity contribution in [1.29, 1.82) is 0 Å². The molecular weight excluding hydrogens is 386 g/mol. The molecule has 3 heterocycles. The third-order valence-electron chi connectivity index (χ3n) is 5.61. The third kappa shape index (κ3) is 4.87. The molecule has 3 saturated heterocycles. The molecular formula is C22H31N3O5. The second-order valence-corrected chi connectivity index (χ2v) is 9.39. The number of nitrogens with zero attached hydrogens (tertiary/aromatic N) is 2. The molecule has 1 aromatic carbocycles. The van der Waals surface area contributed by atoms with Crippen LogP contribution in [0.5, 0.6) is 0 Å². The van der Waals surface area contributed by atoms with E-state index in [2.05, 4.69) is 5.32 Å². The second kappa shape index (κ2) is 8.07. The van der Waals surface area contributed by atoms with Crippen molar-refractivity contribution in [3.05, 3.63) is 35.9 Å². The van der Waals surface area contributed by atoms with Crippen LogP contribution in [0.25, 0.3) is 0 Å². The fourth-order valence-corrected chi connectivity index (χ4v) is 3.99. The predicted molar refractivity (Wildman–Crippen MR) is 110 cm³/mol. The number of epoxide rings is 1. The van der Waals surface area contributed by atoms with E-state index in [1.54, 1.807) is 9.80 Å². The lowest BCUT2D eigenvalue weighted by molar-refractivity contribution is -0.00910. The second-order valence-electron chi connectivity index (χ2n) is 9.39. The molecule has 0 aliphatic carbocycles. The molecule has 0 aromatic heterocycles. The minimum atomic E-state index is -0.497. The van der Waals surface area contributed by atoms with Gasteiger partial charge in [-0.15, -0.1) is 0 Å². The van der Waals surface area contributed by atoms with E-state index in [0.29, 0.717) is 26.2 Å². The van der Waals surface area contributed by atoms with Gasteiger partial charge in [-0.05, 0) is 39.2 Å². The van der Waals surface area contributed by atoms with Crippen LogP contribution in [0.4, 0.5) is 9.59 Å².